The van der Waals surface area contributed by atoms with E-state index in [9.17, 15) is 18.4 Å². The highest BCUT2D eigenvalue weighted by molar-refractivity contribution is 9.10. The average Bonchev–Trinajstić information content (AvgIpc) is 3.16. The Morgan fingerprint density at radius 3 is 2.28 bits per heavy atom. The lowest BCUT2D eigenvalue weighted by Crippen LogP contribution is -2.56. The van der Waals surface area contributed by atoms with Crippen molar-refractivity contribution in [2.75, 3.05) is 20.1 Å². The minimum absolute atomic E-state index is 0.0406. The summed E-state index contributed by atoms with van der Waals surface area (Å²) in [5.41, 5.74) is -2.38. The SMILES string of the molecule is CN1CC(C#N)(c2ccc(C3=NOC(c4cc(Cl)c(Cl)c(Cl)c4)(C(F)(F)F)C3)cc2Br)C1. The zero-order chi connectivity index (χ0) is 23.5. The normalized spacial score (nSPS) is 22.7. The topological polar surface area (TPSA) is 48.6 Å². The van der Waals surface area contributed by atoms with E-state index in [-0.39, 0.29) is 26.3 Å². The molecule has 4 rings (SSSR count). The highest BCUT2D eigenvalue weighted by atomic mass is 79.9. The Morgan fingerprint density at radius 1 is 1.16 bits per heavy atom. The summed E-state index contributed by atoms with van der Waals surface area (Å²) in [5, 5.41) is 13.2. The summed E-state index contributed by atoms with van der Waals surface area (Å²) < 4.78 is 43.3. The van der Waals surface area contributed by atoms with E-state index in [1.165, 1.54) is 0 Å². The Morgan fingerprint density at radius 2 is 1.78 bits per heavy atom. The quantitative estimate of drug-likeness (QED) is 0.388. The number of alkyl halides is 3. The molecule has 0 spiro atoms. The fourth-order valence-electron chi connectivity index (χ4n) is 4.11. The zero-order valence-electron chi connectivity index (χ0n) is 16.4. The lowest BCUT2D eigenvalue weighted by molar-refractivity contribution is -0.275. The van der Waals surface area contributed by atoms with Crippen LogP contribution in [-0.2, 0) is 15.9 Å². The number of rotatable bonds is 3. The zero-order valence-corrected chi connectivity index (χ0v) is 20.3. The number of likely N-dealkylation sites (tertiary alicyclic amines) is 1. The van der Waals surface area contributed by atoms with Crippen molar-refractivity contribution in [3.05, 3.63) is 66.6 Å². The van der Waals surface area contributed by atoms with Gasteiger partial charge in [-0.2, -0.15) is 18.4 Å². The predicted molar refractivity (Wildman–Crippen MR) is 120 cm³/mol. The summed E-state index contributed by atoms with van der Waals surface area (Å²) in [6.45, 7) is 1.14. The van der Waals surface area contributed by atoms with Crippen LogP contribution >= 0.6 is 50.7 Å². The Balaban J connectivity index is 1.69. The first-order valence-corrected chi connectivity index (χ1v) is 11.2. The van der Waals surface area contributed by atoms with Gasteiger partial charge in [0.05, 0.1) is 26.8 Å². The molecule has 0 bridgehead atoms. The molecule has 2 aromatic carbocycles. The first-order valence-electron chi connectivity index (χ1n) is 9.29. The Hall–Kier alpha value is -1.50. The Kier molecular flexibility index (Phi) is 5.96. The van der Waals surface area contributed by atoms with Crippen LogP contribution in [0.3, 0.4) is 0 Å². The van der Waals surface area contributed by atoms with Crippen LogP contribution < -0.4 is 0 Å². The van der Waals surface area contributed by atoms with Crippen molar-refractivity contribution in [3.63, 3.8) is 0 Å². The lowest BCUT2D eigenvalue weighted by atomic mass is 9.75. The van der Waals surface area contributed by atoms with Crippen LogP contribution in [-0.4, -0.2) is 36.9 Å². The van der Waals surface area contributed by atoms with Crippen LogP contribution in [0, 0.1) is 11.3 Å². The number of hydrogen-bond acceptors (Lipinski definition) is 4. The van der Waals surface area contributed by atoms with E-state index < -0.39 is 23.6 Å². The molecule has 1 atom stereocenters. The number of oxime groups is 1. The van der Waals surface area contributed by atoms with Gasteiger partial charge in [0.25, 0.3) is 5.60 Å². The first kappa shape index (κ1) is 23.7. The van der Waals surface area contributed by atoms with E-state index in [4.69, 9.17) is 39.6 Å². The first-order chi connectivity index (χ1) is 14.9. The molecule has 2 heterocycles. The van der Waals surface area contributed by atoms with Gasteiger partial charge >= 0.3 is 6.18 Å². The van der Waals surface area contributed by atoms with Crippen LogP contribution in [0.25, 0.3) is 0 Å². The number of benzene rings is 2. The molecule has 2 aromatic rings. The monoisotopic (exact) mass is 565 g/mol. The second-order valence-electron chi connectivity index (χ2n) is 7.95. The molecule has 1 saturated heterocycles. The average molecular weight is 568 g/mol. The number of nitriles is 1. The van der Waals surface area contributed by atoms with Crippen LogP contribution in [0.1, 0.15) is 23.1 Å². The van der Waals surface area contributed by atoms with Crippen LogP contribution in [0.2, 0.25) is 15.1 Å². The van der Waals surface area contributed by atoms with Crippen molar-refractivity contribution in [2.24, 2.45) is 5.16 Å². The molecule has 0 aromatic heterocycles. The van der Waals surface area contributed by atoms with Gasteiger partial charge in [-0.15, -0.1) is 0 Å². The minimum atomic E-state index is -4.81. The molecular weight excluding hydrogens is 554 g/mol. The second kappa shape index (κ2) is 8.07. The van der Waals surface area contributed by atoms with Crippen molar-refractivity contribution in [1.29, 1.82) is 5.26 Å². The van der Waals surface area contributed by atoms with E-state index >= 15 is 0 Å². The van der Waals surface area contributed by atoms with E-state index in [2.05, 4.69) is 27.2 Å². The number of nitrogens with zero attached hydrogens (tertiary/aromatic N) is 3. The van der Waals surface area contributed by atoms with Crippen molar-refractivity contribution < 1.29 is 18.0 Å². The van der Waals surface area contributed by atoms with E-state index in [1.54, 1.807) is 18.2 Å². The molecule has 2 aliphatic heterocycles. The third-order valence-electron chi connectivity index (χ3n) is 5.75. The molecule has 1 fully saturated rings. The van der Waals surface area contributed by atoms with E-state index in [0.717, 1.165) is 17.7 Å². The summed E-state index contributed by atoms with van der Waals surface area (Å²) >= 11 is 21.3. The Labute approximate surface area is 205 Å². The number of halogens is 7. The summed E-state index contributed by atoms with van der Waals surface area (Å²) in [6.07, 6.45) is -5.39. The van der Waals surface area contributed by atoms with Gasteiger partial charge in [-0.05, 0) is 30.8 Å². The van der Waals surface area contributed by atoms with Crippen molar-refractivity contribution in [2.45, 2.75) is 23.6 Å². The highest BCUT2D eigenvalue weighted by Crippen LogP contribution is 2.51. The van der Waals surface area contributed by atoms with Crippen molar-refractivity contribution >= 4 is 56.4 Å². The van der Waals surface area contributed by atoms with E-state index in [0.29, 0.717) is 23.1 Å². The fraction of sp³-hybridized carbons (Fsp3) is 0.333. The lowest BCUT2D eigenvalue weighted by Gasteiger charge is -2.44. The molecule has 4 nitrogen and oxygen atoms in total. The molecule has 1 unspecified atom stereocenters. The summed E-state index contributed by atoms with van der Waals surface area (Å²) in [5.74, 6) is 0. The smallest absolute Gasteiger partial charge is 0.374 e. The third kappa shape index (κ3) is 3.68. The summed E-state index contributed by atoms with van der Waals surface area (Å²) in [6, 6.07) is 9.57. The standard InChI is InChI=1S/C21H14BrCl3F3N3O/c1-31-9-19(8-29,10-31)13-3-2-11(4-14(13)22)17-7-20(32-30-17,21(26,27)28)12-5-15(23)18(25)16(24)6-12/h2-6H,7,9-10H2,1H3. The van der Waals surface area contributed by atoms with Gasteiger partial charge in [-0.1, -0.05) is 68.0 Å². The van der Waals surface area contributed by atoms with Gasteiger partial charge in [0, 0.05) is 35.1 Å². The van der Waals surface area contributed by atoms with Crippen LogP contribution in [0.5, 0.6) is 0 Å². The maximum Gasteiger partial charge on any atom is 0.435 e. The van der Waals surface area contributed by atoms with Gasteiger partial charge in [0.1, 0.15) is 5.41 Å². The largest absolute Gasteiger partial charge is 0.435 e. The predicted octanol–water partition coefficient (Wildman–Crippen LogP) is 6.70. The van der Waals surface area contributed by atoms with Gasteiger partial charge < -0.3 is 9.74 Å². The van der Waals surface area contributed by atoms with Gasteiger partial charge in [0.15, 0.2) is 0 Å². The molecule has 168 valence electrons. The molecule has 0 aliphatic carbocycles. The van der Waals surface area contributed by atoms with Gasteiger partial charge in [0.2, 0.25) is 0 Å². The molecule has 0 radical (unpaired) electrons. The molecule has 32 heavy (non-hydrogen) atoms. The van der Waals surface area contributed by atoms with Crippen molar-refractivity contribution in [3.8, 4) is 6.07 Å². The molecule has 0 amide bonds. The molecule has 0 N–H and O–H groups in total. The van der Waals surface area contributed by atoms with Crippen LogP contribution in [0.15, 0.2) is 40.0 Å². The number of hydrogen-bond donors (Lipinski definition) is 0. The minimum Gasteiger partial charge on any atom is -0.374 e. The maximum atomic E-state index is 14.2. The van der Waals surface area contributed by atoms with Gasteiger partial charge in [-0.3, -0.25) is 0 Å². The molecule has 2 aliphatic rings. The van der Waals surface area contributed by atoms with Gasteiger partial charge in [-0.25, -0.2) is 0 Å². The molecule has 0 saturated carbocycles. The van der Waals surface area contributed by atoms with E-state index in [1.807, 2.05) is 11.9 Å². The fourth-order valence-corrected chi connectivity index (χ4v) is 5.46. The summed E-state index contributed by atoms with van der Waals surface area (Å²) in [7, 11) is 1.91. The number of likely N-dealkylation sites (N-methyl/N-ethyl adjacent to an activating group) is 1. The maximum absolute atomic E-state index is 14.2. The third-order valence-corrected chi connectivity index (χ3v) is 7.60. The summed E-state index contributed by atoms with van der Waals surface area (Å²) in [4.78, 5) is 7.05. The van der Waals surface area contributed by atoms with Crippen LogP contribution in [0.4, 0.5) is 13.2 Å². The highest BCUT2D eigenvalue weighted by Gasteiger charge is 2.62. The molecule has 11 heteroatoms. The Bertz CT molecular complexity index is 1150. The van der Waals surface area contributed by atoms with Crippen molar-refractivity contribution in [1.82, 2.24) is 4.90 Å². The second-order valence-corrected chi connectivity index (χ2v) is 9.99. The molecular formula is C21H14BrCl3F3N3O.